The lowest BCUT2D eigenvalue weighted by Crippen LogP contribution is -2.59. The van der Waals surface area contributed by atoms with E-state index in [1.54, 1.807) is 49.9 Å². The average molecular weight is 580 g/mol. The number of hydrogen-bond acceptors (Lipinski definition) is 5. The molecule has 0 heterocycles. The van der Waals surface area contributed by atoms with Crippen molar-refractivity contribution < 1.29 is 24.2 Å². The van der Waals surface area contributed by atoms with Crippen molar-refractivity contribution in [2.75, 3.05) is 0 Å². The Balaban J connectivity index is 2.09. The Bertz CT molecular complexity index is 1220. The highest BCUT2D eigenvalue weighted by Gasteiger charge is 2.42. The Morgan fingerprint density at radius 3 is 2.02 bits per heavy atom. The van der Waals surface area contributed by atoms with E-state index in [0.29, 0.717) is 0 Å². The SMILES string of the molecule is Cc1cc(C)cc(C(C(=O)NC2CCCCC2)N(C(=O)C(Cc2ccc(O)cc2)NC(=O)OC(C)(C)C)C(C)(C)C)c1. The molecule has 8 nitrogen and oxygen atoms in total. The molecule has 0 aromatic heterocycles. The Morgan fingerprint density at radius 1 is 0.929 bits per heavy atom. The van der Waals surface area contributed by atoms with E-state index in [4.69, 9.17) is 4.74 Å². The summed E-state index contributed by atoms with van der Waals surface area (Å²) in [7, 11) is 0. The number of carbonyl (C=O) groups is 3. The van der Waals surface area contributed by atoms with Gasteiger partial charge < -0.3 is 25.4 Å². The number of nitrogens with zero attached hydrogens (tertiary/aromatic N) is 1. The molecular weight excluding hydrogens is 530 g/mol. The van der Waals surface area contributed by atoms with Crippen LogP contribution in [-0.2, 0) is 20.7 Å². The first kappa shape index (κ1) is 33.0. The zero-order valence-corrected chi connectivity index (χ0v) is 26.5. The number of ether oxygens (including phenoxy) is 1. The number of carbonyl (C=O) groups excluding carboxylic acids is 3. The molecule has 2 aromatic carbocycles. The van der Waals surface area contributed by atoms with Crippen molar-refractivity contribution in [3.63, 3.8) is 0 Å². The van der Waals surface area contributed by atoms with Gasteiger partial charge >= 0.3 is 6.09 Å². The van der Waals surface area contributed by atoms with Crippen LogP contribution in [0.2, 0.25) is 0 Å². The number of rotatable bonds is 8. The molecule has 1 aliphatic rings. The topological polar surface area (TPSA) is 108 Å². The van der Waals surface area contributed by atoms with Crippen LogP contribution in [0.3, 0.4) is 0 Å². The fourth-order valence-electron chi connectivity index (χ4n) is 5.64. The molecule has 42 heavy (non-hydrogen) atoms. The van der Waals surface area contributed by atoms with E-state index in [2.05, 4.69) is 10.6 Å². The minimum atomic E-state index is -1.03. The van der Waals surface area contributed by atoms with Gasteiger partial charge in [-0.1, -0.05) is 60.7 Å². The van der Waals surface area contributed by atoms with E-state index in [9.17, 15) is 19.5 Å². The van der Waals surface area contributed by atoms with Crippen molar-refractivity contribution in [1.29, 1.82) is 0 Å². The van der Waals surface area contributed by atoms with Gasteiger partial charge in [-0.15, -0.1) is 0 Å². The predicted octanol–water partition coefficient (Wildman–Crippen LogP) is 6.26. The van der Waals surface area contributed by atoms with Gasteiger partial charge in [0.1, 0.15) is 23.4 Å². The molecule has 230 valence electrons. The largest absolute Gasteiger partial charge is 0.508 e. The van der Waals surface area contributed by atoms with Gasteiger partial charge in [0.2, 0.25) is 11.8 Å². The van der Waals surface area contributed by atoms with Gasteiger partial charge in [0.15, 0.2) is 0 Å². The van der Waals surface area contributed by atoms with Crippen LogP contribution in [0.5, 0.6) is 5.75 Å². The lowest BCUT2D eigenvalue weighted by molar-refractivity contribution is -0.148. The normalized spacial score (nSPS) is 15.8. The first-order valence-corrected chi connectivity index (χ1v) is 15.0. The summed E-state index contributed by atoms with van der Waals surface area (Å²) in [6, 6.07) is 10.6. The highest BCUT2D eigenvalue weighted by atomic mass is 16.6. The van der Waals surface area contributed by atoms with Gasteiger partial charge in [-0.2, -0.15) is 0 Å². The fourth-order valence-corrected chi connectivity index (χ4v) is 5.64. The summed E-state index contributed by atoms with van der Waals surface area (Å²) in [5.74, 6) is -0.521. The monoisotopic (exact) mass is 579 g/mol. The third kappa shape index (κ3) is 9.50. The van der Waals surface area contributed by atoms with Gasteiger partial charge in [-0.25, -0.2) is 4.79 Å². The van der Waals surface area contributed by atoms with E-state index in [1.165, 1.54) is 0 Å². The fraction of sp³-hybridized carbons (Fsp3) is 0.559. The van der Waals surface area contributed by atoms with Crippen LogP contribution in [0.15, 0.2) is 42.5 Å². The smallest absolute Gasteiger partial charge is 0.408 e. The number of aryl methyl sites for hydroxylation is 2. The summed E-state index contributed by atoms with van der Waals surface area (Å²) in [6.45, 7) is 14.9. The van der Waals surface area contributed by atoms with Gasteiger partial charge in [-0.3, -0.25) is 9.59 Å². The molecule has 1 fully saturated rings. The van der Waals surface area contributed by atoms with Crippen LogP contribution in [0.4, 0.5) is 4.79 Å². The molecule has 1 aliphatic carbocycles. The second-order valence-corrected chi connectivity index (χ2v) is 13.6. The molecule has 2 atom stereocenters. The lowest BCUT2D eigenvalue weighted by atomic mass is 9.91. The molecule has 3 N–H and O–H groups in total. The second-order valence-electron chi connectivity index (χ2n) is 13.6. The standard InChI is InChI=1S/C34H49N3O5/c1-22-18-23(2)20-25(19-22)29(30(39)35-26-12-10-9-11-13-26)37(33(3,4)5)31(40)28(36-32(41)42-34(6,7)8)21-24-14-16-27(38)17-15-24/h14-20,26,28-29,38H,9-13,21H2,1-8H3,(H,35,39)(H,36,41). The molecular formula is C34H49N3O5. The molecule has 0 bridgehead atoms. The summed E-state index contributed by atoms with van der Waals surface area (Å²) < 4.78 is 5.53. The average Bonchev–Trinajstić information content (AvgIpc) is 2.85. The Kier molecular flexibility index (Phi) is 10.7. The molecule has 8 heteroatoms. The zero-order valence-electron chi connectivity index (χ0n) is 26.5. The molecule has 2 unspecified atom stereocenters. The van der Waals surface area contributed by atoms with E-state index in [1.807, 2.05) is 52.8 Å². The van der Waals surface area contributed by atoms with Crippen molar-refractivity contribution in [2.24, 2.45) is 0 Å². The molecule has 1 saturated carbocycles. The third-order valence-electron chi connectivity index (χ3n) is 7.34. The van der Waals surface area contributed by atoms with Crippen LogP contribution in [0, 0.1) is 13.8 Å². The molecule has 0 spiro atoms. The second kappa shape index (κ2) is 13.6. The van der Waals surface area contributed by atoms with Gasteiger partial charge in [0.05, 0.1) is 0 Å². The number of phenols is 1. The quantitative estimate of drug-likeness (QED) is 0.342. The maximum absolute atomic E-state index is 14.7. The van der Waals surface area contributed by atoms with Crippen LogP contribution in [0.1, 0.15) is 102 Å². The first-order chi connectivity index (χ1) is 19.5. The zero-order chi connectivity index (χ0) is 31.2. The number of benzene rings is 2. The third-order valence-corrected chi connectivity index (χ3v) is 7.34. The van der Waals surface area contributed by atoms with E-state index in [-0.39, 0.29) is 24.1 Å². The number of alkyl carbamates (subject to hydrolysis) is 1. The van der Waals surface area contributed by atoms with Crippen LogP contribution < -0.4 is 10.6 Å². The van der Waals surface area contributed by atoms with Crippen molar-refractivity contribution >= 4 is 17.9 Å². The van der Waals surface area contributed by atoms with Gasteiger partial charge in [0.25, 0.3) is 0 Å². The van der Waals surface area contributed by atoms with E-state index < -0.39 is 35.2 Å². The Labute approximate surface area is 251 Å². The van der Waals surface area contributed by atoms with Crippen LogP contribution in [0.25, 0.3) is 0 Å². The molecule has 3 amide bonds. The number of aromatic hydroxyl groups is 1. The number of hydrogen-bond donors (Lipinski definition) is 3. The molecule has 3 rings (SSSR count). The molecule has 0 saturated heterocycles. The molecule has 0 radical (unpaired) electrons. The van der Waals surface area contributed by atoms with Crippen LogP contribution in [-0.4, -0.2) is 51.1 Å². The summed E-state index contributed by atoms with van der Waals surface area (Å²) in [6.07, 6.45) is 4.55. The number of nitrogens with one attached hydrogen (secondary N) is 2. The summed E-state index contributed by atoms with van der Waals surface area (Å²) in [5.41, 5.74) is 1.91. The van der Waals surface area contributed by atoms with Crippen molar-refractivity contribution in [3.05, 3.63) is 64.7 Å². The van der Waals surface area contributed by atoms with E-state index in [0.717, 1.165) is 54.4 Å². The van der Waals surface area contributed by atoms with E-state index >= 15 is 0 Å². The highest BCUT2D eigenvalue weighted by molar-refractivity contribution is 5.93. The minimum absolute atomic E-state index is 0.0595. The summed E-state index contributed by atoms with van der Waals surface area (Å²) in [5, 5.41) is 15.8. The number of phenolic OH excluding ortho intramolecular Hbond substituents is 1. The first-order valence-electron chi connectivity index (χ1n) is 15.0. The molecule has 2 aromatic rings. The highest BCUT2D eigenvalue weighted by Crippen LogP contribution is 2.32. The maximum atomic E-state index is 14.7. The Morgan fingerprint density at radius 2 is 1.50 bits per heavy atom. The van der Waals surface area contributed by atoms with Gasteiger partial charge in [0, 0.05) is 18.0 Å². The lowest BCUT2D eigenvalue weighted by Gasteiger charge is -2.43. The van der Waals surface area contributed by atoms with Crippen molar-refractivity contribution in [1.82, 2.24) is 15.5 Å². The van der Waals surface area contributed by atoms with Gasteiger partial charge in [-0.05, 0) is 91.5 Å². The number of amides is 3. The molecule has 0 aliphatic heterocycles. The summed E-state index contributed by atoms with van der Waals surface area (Å²) >= 11 is 0. The summed E-state index contributed by atoms with van der Waals surface area (Å²) in [4.78, 5) is 43.5. The maximum Gasteiger partial charge on any atom is 0.408 e. The van der Waals surface area contributed by atoms with Crippen molar-refractivity contribution in [2.45, 2.75) is 123 Å². The minimum Gasteiger partial charge on any atom is -0.508 e. The Hall–Kier alpha value is -3.55. The predicted molar refractivity (Wildman–Crippen MR) is 165 cm³/mol. The van der Waals surface area contributed by atoms with Crippen LogP contribution >= 0.6 is 0 Å². The van der Waals surface area contributed by atoms with Crippen molar-refractivity contribution in [3.8, 4) is 5.75 Å².